The van der Waals surface area contributed by atoms with Gasteiger partial charge in [0.15, 0.2) is 0 Å². The second-order valence-electron chi connectivity index (χ2n) is 9.85. The van der Waals surface area contributed by atoms with Crippen LogP contribution in [0.2, 0.25) is 0 Å². The van der Waals surface area contributed by atoms with Gasteiger partial charge in [-0.15, -0.1) is 0 Å². The highest BCUT2D eigenvalue weighted by Crippen LogP contribution is 2.37. The Bertz CT molecular complexity index is 1690. The van der Waals surface area contributed by atoms with Crippen molar-refractivity contribution in [3.63, 3.8) is 0 Å². The van der Waals surface area contributed by atoms with Gasteiger partial charge in [-0.05, 0) is 49.6 Å². The van der Waals surface area contributed by atoms with Gasteiger partial charge in [-0.2, -0.15) is 5.10 Å². The first-order valence-electron chi connectivity index (χ1n) is 13.8. The van der Waals surface area contributed by atoms with Gasteiger partial charge >= 0.3 is 0 Å². The predicted octanol–water partition coefficient (Wildman–Crippen LogP) is 4.51. The van der Waals surface area contributed by atoms with E-state index < -0.39 is 6.10 Å². The maximum absolute atomic E-state index is 13.2. The number of aromatic nitrogens is 6. The van der Waals surface area contributed by atoms with E-state index in [1.807, 2.05) is 62.1 Å². The van der Waals surface area contributed by atoms with Crippen molar-refractivity contribution in [1.82, 2.24) is 29.3 Å². The second-order valence-corrected chi connectivity index (χ2v) is 9.85. The molecule has 6 heterocycles. The predicted molar refractivity (Wildman–Crippen MR) is 156 cm³/mol. The number of nitrogens with two attached hydrogens (primary N) is 1. The summed E-state index contributed by atoms with van der Waals surface area (Å²) in [6, 6.07) is 11.8. The normalized spacial score (nSPS) is 18.4. The number of ether oxygens (including phenoxy) is 1. The summed E-state index contributed by atoms with van der Waals surface area (Å²) >= 11 is 0. The van der Waals surface area contributed by atoms with Crippen LogP contribution in [0, 0.1) is 0 Å². The van der Waals surface area contributed by atoms with Crippen LogP contribution in [0.5, 0.6) is 0 Å². The summed E-state index contributed by atoms with van der Waals surface area (Å²) in [6.07, 6.45) is 6.74. The monoisotopic (exact) mass is 539 g/mol. The maximum atomic E-state index is 13.2. The van der Waals surface area contributed by atoms with E-state index in [0.717, 1.165) is 46.5 Å². The molecule has 2 aliphatic heterocycles. The van der Waals surface area contributed by atoms with Gasteiger partial charge in [0.05, 0.1) is 16.6 Å². The van der Waals surface area contributed by atoms with Crippen LogP contribution in [0.15, 0.2) is 55.1 Å². The minimum Gasteiger partial charge on any atom is -0.383 e. The van der Waals surface area contributed by atoms with E-state index in [4.69, 9.17) is 15.5 Å². The smallest absolute Gasteiger partial charge is 0.253 e. The number of pyridine rings is 1. The van der Waals surface area contributed by atoms with Crippen LogP contribution < -0.4 is 16.0 Å². The molecule has 0 saturated carbocycles. The summed E-state index contributed by atoms with van der Waals surface area (Å²) in [7, 11) is 1.86. The van der Waals surface area contributed by atoms with E-state index in [1.165, 1.54) is 12.7 Å². The number of rotatable bonds is 5. The van der Waals surface area contributed by atoms with E-state index >= 15 is 0 Å². The average molecular weight is 540 g/mol. The summed E-state index contributed by atoms with van der Waals surface area (Å²) in [4.78, 5) is 28.9. The molecule has 40 heavy (non-hydrogen) atoms. The van der Waals surface area contributed by atoms with Crippen molar-refractivity contribution < 1.29 is 9.53 Å². The van der Waals surface area contributed by atoms with Crippen molar-refractivity contribution in [2.75, 3.05) is 29.0 Å². The van der Waals surface area contributed by atoms with Crippen LogP contribution in [0.25, 0.3) is 33.2 Å². The third kappa shape index (κ3) is 4.62. The molecular weight excluding hydrogens is 506 g/mol. The lowest BCUT2D eigenvalue weighted by atomic mass is 10.1. The van der Waals surface area contributed by atoms with E-state index in [9.17, 15) is 4.79 Å². The Kier molecular flexibility index (Phi) is 6.81. The van der Waals surface area contributed by atoms with E-state index in [-0.39, 0.29) is 12.1 Å². The van der Waals surface area contributed by atoms with Crippen molar-refractivity contribution in [3.05, 3.63) is 55.1 Å². The van der Waals surface area contributed by atoms with E-state index in [0.29, 0.717) is 30.0 Å². The number of carbonyl (C=O) groups is 1. The zero-order chi connectivity index (χ0) is 27.8. The Labute approximate surface area is 232 Å². The molecule has 2 saturated heterocycles. The standard InChI is InChI=1S/C27H27N9O2.C2H6/c1-34-12-9-19(33-34)18-14-36(26-24(18)25(28)29-15-30-26)23-8-6-21(38-23)27(37)31-17-5-3-16-4-7-22(32-20(16)13-17)35-10-2-11-35;1-2/h3-5,7,9,12-15,21,23H,2,6,8,10-11H2,1H3,(H,31,37)(H2,28,29,30);1-2H3. The van der Waals surface area contributed by atoms with Gasteiger partial charge in [-0.25, -0.2) is 15.0 Å². The van der Waals surface area contributed by atoms with Gasteiger partial charge in [0.1, 0.15) is 35.9 Å². The van der Waals surface area contributed by atoms with Crippen LogP contribution in [-0.2, 0) is 16.6 Å². The molecule has 4 aromatic heterocycles. The van der Waals surface area contributed by atoms with Crippen molar-refractivity contribution in [2.24, 2.45) is 7.05 Å². The van der Waals surface area contributed by atoms with Crippen LogP contribution in [0.3, 0.4) is 0 Å². The van der Waals surface area contributed by atoms with Crippen molar-refractivity contribution in [1.29, 1.82) is 0 Å². The number of carbonyl (C=O) groups excluding carboxylic acids is 1. The third-order valence-corrected chi connectivity index (χ3v) is 7.35. The summed E-state index contributed by atoms with van der Waals surface area (Å²) in [5.41, 5.74) is 10.1. The quantitative estimate of drug-likeness (QED) is 0.334. The molecule has 2 aliphatic rings. The van der Waals surface area contributed by atoms with Crippen LogP contribution in [0.4, 0.5) is 17.3 Å². The molecule has 1 amide bonds. The molecule has 0 bridgehead atoms. The molecule has 2 atom stereocenters. The molecule has 7 rings (SSSR count). The number of anilines is 3. The first kappa shape index (κ1) is 25.8. The molecule has 1 aromatic carbocycles. The first-order chi connectivity index (χ1) is 19.5. The molecule has 0 spiro atoms. The number of hydrogen-bond acceptors (Lipinski definition) is 8. The summed E-state index contributed by atoms with van der Waals surface area (Å²) in [5.74, 6) is 1.17. The number of nitrogen functional groups attached to an aromatic ring is 1. The highest BCUT2D eigenvalue weighted by molar-refractivity contribution is 6.00. The van der Waals surface area contributed by atoms with Gasteiger partial charge in [0, 0.05) is 49.2 Å². The van der Waals surface area contributed by atoms with Crippen molar-refractivity contribution in [2.45, 2.75) is 45.4 Å². The largest absolute Gasteiger partial charge is 0.383 e. The Morgan fingerprint density at radius 1 is 1.10 bits per heavy atom. The minimum absolute atomic E-state index is 0.179. The fraction of sp³-hybridized carbons (Fsp3) is 0.345. The summed E-state index contributed by atoms with van der Waals surface area (Å²) in [5, 5.41) is 9.31. The molecule has 206 valence electrons. The number of aryl methyl sites for hydroxylation is 1. The van der Waals surface area contributed by atoms with Crippen LogP contribution >= 0.6 is 0 Å². The van der Waals surface area contributed by atoms with E-state index in [2.05, 4.69) is 37.4 Å². The highest BCUT2D eigenvalue weighted by Gasteiger charge is 2.33. The highest BCUT2D eigenvalue weighted by atomic mass is 16.5. The van der Waals surface area contributed by atoms with Crippen molar-refractivity contribution in [3.8, 4) is 11.3 Å². The summed E-state index contributed by atoms with van der Waals surface area (Å²) in [6.45, 7) is 6.07. The number of benzene rings is 1. The van der Waals surface area contributed by atoms with Crippen LogP contribution in [-0.4, -0.2) is 54.4 Å². The number of hydrogen-bond donors (Lipinski definition) is 2. The Morgan fingerprint density at radius 2 is 1.93 bits per heavy atom. The SMILES string of the molecule is CC.Cn1ccc(-c2cn(C3CCC(C(=O)Nc4ccc5ccc(N6CCC6)nc5c4)O3)c3ncnc(N)c23)n1. The number of fused-ring (bicyclic) bond motifs is 2. The van der Waals surface area contributed by atoms with Gasteiger partial charge < -0.3 is 25.3 Å². The van der Waals surface area contributed by atoms with E-state index in [1.54, 1.807) is 4.68 Å². The molecule has 11 nitrogen and oxygen atoms in total. The van der Waals surface area contributed by atoms with Gasteiger partial charge in [-0.3, -0.25) is 9.48 Å². The average Bonchev–Trinajstić information content (AvgIpc) is 3.67. The zero-order valence-corrected chi connectivity index (χ0v) is 22.9. The first-order valence-corrected chi connectivity index (χ1v) is 13.8. The van der Waals surface area contributed by atoms with Gasteiger partial charge in [0.25, 0.3) is 5.91 Å². The molecule has 2 unspecified atom stereocenters. The van der Waals surface area contributed by atoms with Crippen molar-refractivity contribution >= 4 is 45.2 Å². The number of amides is 1. The lowest BCUT2D eigenvalue weighted by Gasteiger charge is -2.32. The topological polar surface area (TPSA) is 129 Å². The lowest BCUT2D eigenvalue weighted by Crippen LogP contribution is -2.37. The molecule has 3 N–H and O–H groups in total. The molecule has 2 fully saturated rings. The molecule has 11 heteroatoms. The zero-order valence-electron chi connectivity index (χ0n) is 22.9. The number of nitrogens with one attached hydrogen (secondary N) is 1. The van der Waals surface area contributed by atoms with Crippen LogP contribution in [0.1, 0.15) is 39.3 Å². The number of nitrogens with zero attached hydrogens (tertiary/aromatic N) is 7. The molecule has 0 radical (unpaired) electrons. The fourth-order valence-electron chi connectivity index (χ4n) is 5.23. The minimum atomic E-state index is -0.592. The van der Waals surface area contributed by atoms with Gasteiger partial charge in [0.2, 0.25) is 0 Å². The fourth-order valence-corrected chi connectivity index (χ4v) is 5.23. The van der Waals surface area contributed by atoms with Gasteiger partial charge in [-0.1, -0.05) is 19.9 Å². The molecular formula is C29H33N9O2. The molecule has 0 aliphatic carbocycles. The Balaban J connectivity index is 0.00000142. The Hall–Kier alpha value is -4.51. The maximum Gasteiger partial charge on any atom is 0.253 e. The Morgan fingerprint density at radius 3 is 2.67 bits per heavy atom. The summed E-state index contributed by atoms with van der Waals surface area (Å²) < 4.78 is 9.91. The molecule has 5 aromatic rings. The third-order valence-electron chi connectivity index (χ3n) is 7.35. The second kappa shape index (κ2) is 10.6. The lowest BCUT2D eigenvalue weighted by molar-refractivity contribution is -0.128.